The van der Waals surface area contributed by atoms with E-state index in [1.165, 1.54) is 5.56 Å². The van der Waals surface area contributed by atoms with E-state index in [0.29, 0.717) is 6.54 Å². The fraction of sp³-hybridized carbons (Fsp3) is 0.429. The number of carbonyl (C=O) groups is 1. The van der Waals surface area contributed by atoms with Gasteiger partial charge in [0, 0.05) is 44.3 Å². The third-order valence-corrected chi connectivity index (χ3v) is 5.67. The summed E-state index contributed by atoms with van der Waals surface area (Å²) in [5.41, 5.74) is 1.38. The number of amides is 2. The monoisotopic (exact) mass is 366 g/mol. The highest BCUT2D eigenvalue weighted by Crippen LogP contribution is 2.47. The summed E-state index contributed by atoms with van der Waals surface area (Å²) in [6.45, 7) is 3.76. The second-order valence-electron chi connectivity index (χ2n) is 7.33. The molecule has 2 aromatic rings. The number of urea groups is 1. The largest absolute Gasteiger partial charge is 0.497 e. The maximum atomic E-state index is 12.6. The van der Waals surface area contributed by atoms with Crippen molar-refractivity contribution < 1.29 is 9.53 Å². The van der Waals surface area contributed by atoms with Crippen molar-refractivity contribution in [3.05, 3.63) is 54.2 Å². The lowest BCUT2D eigenvalue weighted by Gasteiger charge is -2.35. The quantitative estimate of drug-likeness (QED) is 0.884. The summed E-state index contributed by atoms with van der Waals surface area (Å²) in [5.74, 6) is 1.85. The summed E-state index contributed by atoms with van der Waals surface area (Å²) in [7, 11) is 1.68. The smallest absolute Gasteiger partial charge is 0.317 e. The first kappa shape index (κ1) is 17.6. The van der Waals surface area contributed by atoms with Gasteiger partial charge in [0.1, 0.15) is 11.6 Å². The Bertz CT molecular complexity index is 767. The number of pyridine rings is 1. The van der Waals surface area contributed by atoms with Gasteiger partial charge in [-0.3, -0.25) is 0 Å². The number of aromatic nitrogens is 1. The number of ether oxygens (including phenoxy) is 1. The molecule has 4 rings (SSSR count). The van der Waals surface area contributed by atoms with Gasteiger partial charge in [0.05, 0.1) is 7.11 Å². The van der Waals surface area contributed by atoms with Gasteiger partial charge in [-0.1, -0.05) is 18.2 Å². The number of piperazine rings is 1. The Hall–Kier alpha value is -2.76. The van der Waals surface area contributed by atoms with Gasteiger partial charge in [-0.2, -0.15) is 0 Å². The molecule has 1 saturated heterocycles. The van der Waals surface area contributed by atoms with Gasteiger partial charge >= 0.3 is 6.03 Å². The number of carbonyl (C=O) groups excluding carboxylic acids is 1. The van der Waals surface area contributed by atoms with E-state index >= 15 is 0 Å². The molecule has 0 radical (unpaired) electrons. The summed E-state index contributed by atoms with van der Waals surface area (Å²) in [6, 6.07) is 14.2. The van der Waals surface area contributed by atoms with Gasteiger partial charge in [-0.15, -0.1) is 0 Å². The van der Waals surface area contributed by atoms with Crippen molar-refractivity contribution in [3.8, 4) is 5.75 Å². The predicted octanol–water partition coefficient (Wildman–Crippen LogP) is 2.65. The van der Waals surface area contributed by atoms with Gasteiger partial charge in [-0.05, 0) is 42.7 Å². The second kappa shape index (κ2) is 7.47. The van der Waals surface area contributed by atoms with Crippen LogP contribution >= 0.6 is 0 Å². The standard InChI is InChI=1S/C21H26N4O2/c1-27-18-7-5-17(6-8-18)21(9-10-21)16-23-20(26)25-14-12-24(13-15-25)19-4-2-3-11-22-19/h2-8,11H,9-10,12-16H2,1H3,(H,23,26). The molecule has 1 aliphatic carbocycles. The highest BCUT2D eigenvalue weighted by atomic mass is 16.5. The van der Waals surface area contributed by atoms with Crippen molar-refractivity contribution in [1.82, 2.24) is 15.2 Å². The minimum atomic E-state index is 0.0375. The zero-order chi connectivity index (χ0) is 18.7. The number of benzene rings is 1. The second-order valence-corrected chi connectivity index (χ2v) is 7.33. The van der Waals surface area contributed by atoms with Gasteiger partial charge in [0.25, 0.3) is 0 Å². The van der Waals surface area contributed by atoms with Crippen molar-refractivity contribution in [2.45, 2.75) is 18.3 Å². The van der Waals surface area contributed by atoms with Crippen LogP contribution in [-0.4, -0.2) is 55.7 Å². The molecule has 6 heteroatoms. The molecule has 2 fully saturated rings. The van der Waals surface area contributed by atoms with E-state index in [1.807, 2.05) is 41.4 Å². The Kier molecular flexibility index (Phi) is 4.88. The molecule has 0 spiro atoms. The fourth-order valence-electron chi connectivity index (χ4n) is 3.70. The van der Waals surface area contributed by atoms with Gasteiger partial charge < -0.3 is 19.9 Å². The molecule has 1 aromatic heterocycles. The van der Waals surface area contributed by atoms with E-state index in [-0.39, 0.29) is 11.4 Å². The van der Waals surface area contributed by atoms with E-state index in [4.69, 9.17) is 4.74 Å². The van der Waals surface area contributed by atoms with Crippen LogP contribution in [0.1, 0.15) is 18.4 Å². The average Bonchev–Trinajstić information content (AvgIpc) is 3.54. The minimum absolute atomic E-state index is 0.0375. The molecule has 142 valence electrons. The van der Waals surface area contributed by atoms with Crippen LogP contribution in [0.25, 0.3) is 0 Å². The van der Waals surface area contributed by atoms with Crippen LogP contribution < -0.4 is 15.0 Å². The van der Waals surface area contributed by atoms with Crippen LogP contribution in [0.5, 0.6) is 5.75 Å². The molecule has 1 N–H and O–H groups in total. The van der Waals surface area contributed by atoms with Crippen LogP contribution in [0, 0.1) is 0 Å². The number of nitrogens with zero attached hydrogens (tertiary/aromatic N) is 3. The highest BCUT2D eigenvalue weighted by Gasteiger charge is 2.44. The lowest BCUT2D eigenvalue weighted by molar-refractivity contribution is 0.193. The summed E-state index contributed by atoms with van der Waals surface area (Å²) in [5, 5.41) is 3.16. The molecule has 0 unspecified atom stereocenters. The molecule has 0 atom stereocenters. The van der Waals surface area contributed by atoms with Crippen molar-refractivity contribution in [1.29, 1.82) is 0 Å². The van der Waals surface area contributed by atoms with E-state index < -0.39 is 0 Å². The van der Waals surface area contributed by atoms with Crippen molar-refractivity contribution in [2.24, 2.45) is 0 Å². The van der Waals surface area contributed by atoms with Gasteiger partial charge in [0.2, 0.25) is 0 Å². The van der Waals surface area contributed by atoms with E-state index in [0.717, 1.165) is 50.6 Å². The lowest BCUT2D eigenvalue weighted by atomic mass is 9.96. The Morgan fingerprint density at radius 1 is 1.11 bits per heavy atom. The molecule has 1 aliphatic heterocycles. The van der Waals surface area contributed by atoms with E-state index in [1.54, 1.807) is 7.11 Å². The Morgan fingerprint density at radius 3 is 2.44 bits per heavy atom. The highest BCUT2D eigenvalue weighted by molar-refractivity contribution is 5.74. The molecule has 2 aliphatic rings. The zero-order valence-electron chi connectivity index (χ0n) is 15.7. The Balaban J connectivity index is 1.28. The summed E-state index contributed by atoms with van der Waals surface area (Å²) < 4.78 is 5.24. The first-order valence-electron chi connectivity index (χ1n) is 9.53. The first-order chi connectivity index (χ1) is 13.2. The predicted molar refractivity (Wildman–Crippen MR) is 105 cm³/mol. The molecule has 2 amide bonds. The molecule has 27 heavy (non-hydrogen) atoms. The average molecular weight is 366 g/mol. The lowest BCUT2D eigenvalue weighted by Crippen LogP contribution is -2.52. The number of rotatable bonds is 5. The maximum absolute atomic E-state index is 12.6. The fourth-order valence-corrected chi connectivity index (χ4v) is 3.70. The number of hydrogen-bond acceptors (Lipinski definition) is 4. The first-order valence-corrected chi connectivity index (χ1v) is 9.53. The molecule has 0 bridgehead atoms. The van der Waals surface area contributed by atoms with Crippen molar-refractivity contribution in [3.63, 3.8) is 0 Å². The number of methoxy groups -OCH3 is 1. The molecule has 6 nitrogen and oxygen atoms in total. The van der Waals surface area contributed by atoms with E-state index in [2.05, 4.69) is 27.3 Å². The van der Waals surface area contributed by atoms with Crippen molar-refractivity contribution in [2.75, 3.05) is 44.7 Å². The SMILES string of the molecule is COc1ccc(C2(CNC(=O)N3CCN(c4ccccn4)CC3)CC2)cc1. The normalized spacial score (nSPS) is 18.1. The summed E-state index contributed by atoms with van der Waals surface area (Å²) in [6.07, 6.45) is 4.04. The van der Waals surface area contributed by atoms with Crippen LogP contribution in [0.4, 0.5) is 10.6 Å². The topological polar surface area (TPSA) is 57.7 Å². The molecule has 1 aromatic carbocycles. The molecule has 2 heterocycles. The van der Waals surface area contributed by atoms with Crippen LogP contribution in [0.15, 0.2) is 48.7 Å². The summed E-state index contributed by atoms with van der Waals surface area (Å²) in [4.78, 5) is 21.1. The maximum Gasteiger partial charge on any atom is 0.317 e. The summed E-state index contributed by atoms with van der Waals surface area (Å²) >= 11 is 0. The number of anilines is 1. The van der Waals surface area contributed by atoms with Crippen molar-refractivity contribution >= 4 is 11.8 Å². The number of hydrogen-bond donors (Lipinski definition) is 1. The van der Waals surface area contributed by atoms with Gasteiger partial charge in [0.15, 0.2) is 0 Å². The van der Waals surface area contributed by atoms with Crippen LogP contribution in [0.3, 0.4) is 0 Å². The number of nitrogens with one attached hydrogen (secondary N) is 1. The van der Waals surface area contributed by atoms with Crippen LogP contribution in [-0.2, 0) is 5.41 Å². The molecule has 1 saturated carbocycles. The third-order valence-electron chi connectivity index (χ3n) is 5.67. The Labute approximate surface area is 160 Å². The van der Waals surface area contributed by atoms with Gasteiger partial charge in [-0.25, -0.2) is 9.78 Å². The van der Waals surface area contributed by atoms with Crippen LogP contribution in [0.2, 0.25) is 0 Å². The third kappa shape index (κ3) is 3.84. The van der Waals surface area contributed by atoms with E-state index in [9.17, 15) is 4.79 Å². The molecular weight excluding hydrogens is 340 g/mol. The molecular formula is C21H26N4O2. The minimum Gasteiger partial charge on any atom is -0.497 e. The Morgan fingerprint density at radius 2 is 1.85 bits per heavy atom. The zero-order valence-corrected chi connectivity index (χ0v) is 15.7.